The van der Waals surface area contributed by atoms with Crippen LogP contribution in [0.25, 0.3) is 10.8 Å². The molecule has 3 atom stereocenters. The van der Waals surface area contributed by atoms with Crippen molar-refractivity contribution in [3.63, 3.8) is 0 Å². The minimum Gasteiger partial charge on any atom is -0.497 e. The van der Waals surface area contributed by atoms with Gasteiger partial charge in [-0.25, -0.2) is 9.20 Å². The highest BCUT2D eigenvalue weighted by Gasteiger charge is 2.49. The van der Waals surface area contributed by atoms with Gasteiger partial charge in [-0.1, -0.05) is 91.0 Å². The van der Waals surface area contributed by atoms with Crippen LogP contribution in [0.1, 0.15) is 23.1 Å². The third-order valence-electron chi connectivity index (χ3n) is 9.22. The zero-order valence-electron chi connectivity index (χ0n) is 28.5. The average molecular weight is 717 g/mol. The number of amides is 2. The normalized spacial score (nSPS) is 17.0. The van der Waals surface area contributed by atoms with Crippen LogP contribution in [0.3, 0.4) is 0 Å². The molecule has 52 heavy (non-hydrogen) atoms. The highest BCUT2D eigenvalue weighted by molar-refractivity contribution is 7.80. The Morgan fingerprint density at radius 2 is 1.67 bits per heavy atom. The second-order valence-corrected chi connectivity index (χ2v) is 13.3. The highest BCUT2D eigenvalue weighted by Crippen LogP contribution is 2.41. The maximum atomic E-state index is 14.5. The Labute approximate surface area is 303 Å². The van der Waals surface area contributed by atoms with Crippen molar-refractivity contribution >= 4 is 50.9 Å². The topological polar surface area (TPSA) is 130 Å². The number of benzodiazepines with no additional fused rings is 1. The lowest BCUT2D eigenvalue weighted by Crippen LogP contribution is -2.57. The minimum absolute atomic E-state index is 0.0614. The Morgan fingerprint density at radius 3 is 2.38 bits per heavy atom. The molecule has 5 aromatic carbocycles. The molecule has 11 nitrogen and oxygen atoms in total. The number of aliphatic imine (C=N–C) groups is 1. The Balaban J connectivity index is 1.33. The molecule has 0 saturated carbocycles. The molecular formula is C40H36N4O7S. The Morgan fingerprint density at radius 1 is 0.981 bits per heavy atom. The average Bonchev–Trinajstić information content (AvgIpc) is 3.70. The predicted molar refractivity (Wildman–Crippen MR) is 200 cm³/mol. The molecule has 264 valence electrons. The van der Waals surface area contributed by atoms with E-state index < -0.39 is 41.2 Å². The Bertz CT molecular complexity index is 2210. The number of para-hydroxylation sites is 1. The summed E-state index contributed by atoms with van der Waals surface area (Å²) in [5.74, 6) is -0.219. The van der Waals surface area contributed by atoms with Crippen LogP contribution in [-0.4, -0.2) is 58.9 Å². The molecule has 5 aromatic rings. The van der Waals surface area contributed by atoms with Crippen LogP contribution < -0.4 is 19.3 Å². The van der Waals surface area contributed by atoms with Gasteiger partial charge in [-0.3, -0.25) is 18.4 Å². The second-order valence-electron chi connectivity index (χ2n) is 12.4. The fourth-order valence-electron chi connectivity index (χ4n) is 6.76. The van der Waals surface area contributed by atoms with Crippen LogP contribution >= 0.6 is 0 Å². The molecule has 0 saturated heterocycles. The summed E-state index contributed by atoms with van der Waals surface area (Å²) in [6.45, 7) is -0.147. The van der Waals surface area contributed by atoms with Crippen molar-refractivity contribution in [3.8, 4) is 5.75 Å². The van der Waals surface area contributed by atoms with Crippen LogP contribution in [0, 0.1) is 0 Å². The zero-order valence-corrected chi connectivity index (χ0v) is 29.3. The van der Waals surface area contributed by atoms with Gasteiger partial charge in [0, 0.05) is 24.6 Å². The summed E-state index contributed by atoms with van der Waals surface area (Å²) in [5.41, 5.74) is 2.18. The van der Waals surface area contributed by atoms with E-state index >= 15 is 0 Å². The van der Waals surface area contributed by atoms with Gasteiger partial charge in [-0.15, -0.1) is 0 Å². The summed E-state index contributed by atoms with van der Waals surface area (Å²) in [5, 5.41) is 4.49. The van der Waals surface area contributed by atoms with Crippen molar-refractivity contribution in [2.45, 2.75) is 24.5 Å². The maximum absolute atomic E-state index is 14.5. The summed E-state index contributed by atoms with van der Waals surface area (Å²) in [6.07, 6.45) is -0.297. The van der Waals surface area contributed by atoms with Crippen LogP contribution in [0.4, 0.5) is 11.4 Å². The lowest BCUT2D eigenvalue weighted by Gasteiger charge is -2.42. The van der Waals surface area contributed by atoms with Crippen LogP contribution in [-0.2, 0) is 36.8 Å². The smallest absolute Gasteiger partial charge is 0.272 e. The number of nitrogens with zero attached hydrogens (tertiary/aromatic N) is 3. The van der Waals surface area contributed by atoms with E-state index in [1.54, 1.807) is 32.4 Å². The SMILES string of the molecule is COc1ccc2cc(N(S(=O)O)C(CC(=O)NC3N=C(c4ccccc4)c4ccccc4N(C)C3=O)(Cc3ccccc3)C3=COCO3)ccc2c1. The minimum atomic E-state index is -2.69. The fraction of sp³-hybridized carbons (Fsp3) is 0.175. The van der Waals surface area contributed by atoms with E-state index in [2.05, 4.69) is 5.32 Å². The van der Waals surface area contributed by atoms with Crippen molar-refractivity contribution in [1.29, 1.82) is 0 Å². The molecule has 0 radical (unpaired) electrons. The van der Waals surface area contributed by atoms with Crippen molar-refractivity contribution < 1.29 is 32.6 Å². The Kier molecular flexibility index (Phi) is 9.75. The summed E-state index contributed by atoms with van der Waals surface area (Å²) in [6, 6.07) is 37.0. The molecule has 2 aliphatic heterocycles. The molecule has 0 spiro atoms. The molecule has 2 aliphatic rings. The third-order valence-corrected chi connectivity index (χ3v) is 10.1. The van der Waals surface area contributed by atoms with Crippen LogP contribution in [0.15, 0.2) is 138 Å². The lowest BCUT2D eigenvalue weighted by atomic mass is 9.84. The second kappa shape index (κ2) is 14.7. The number of benzene rings is 5. The van der Waals surface area contributed by atoms with E-state index in [1.165, 1.54) is 15.5 Å². The van der Waals surface area contributed by atoms with Crippen LogP contribution in [0.5, 0.6) is 5.75 Å². The van der Waals surface area contributed by atoms with Crippen molar-refractivity contribution in [2.24, 2.45) is 4.99 Å². The van der Waals surface area contributed by atoms with E-state index in [1.807, 2.05) is 103 Å². The van der Waals surface area contributed by atoms with E-state index in [-0.39, 0.29) is 19.0 Å². The van der Waals surface area contributed by atoms with Gasteiger partial charge in [0.1, 0.15) is 17.6 Å². The molecule has 0 bridgehead atoms. The first kappa shape index (κ1) is 34.5. The molecule has 3 unspecified atom stereocenters. The molecule has 0 fully saturated rings. The van der Waals surface area contributed by atoms with Gasteiger partial charge in [-0.05, 0) is 46.7 Å². The lowest BCUT2D eigenvalue weighted by molar-refractivity contribution is -0.128. The van der Waals surface area contributed by atoms with Gasteiger partial charge >= 0.3 is 0 Å². The van der Waals surface area contributed by atoms with Gasteiger partial charge in [0.25, 0.3) is 17.2 Å². The van der Waals surface area contributed by atoms with Crippen molar-refractivity contribution in [2.75, 3.05) is 30.2 Å². The quantitative estimate of drug-likeness (QED) is 0.161. The first-order valence-electron chi connectivity index (χ1n) is 16.5. The number of fused-ring (bicyclic) bond motifs is 2. The molecule has 2 N–H and O–H groups in total. The summed E-state index contributed by atoms with van der Waals surface area (Å²) < 4.78 is 42.9. The first-order valence-corrected chi connectivity index (χ1v) is 17.6. The number of hydrogen-bond acceptors (Lipinski definition) is 7. The van der Waals surface area contributed by atoms with Gasteiger partial charge < -0.3 is 24.4 Å². The number of nitrogens with one attached hydrogen (secondary N) is 1. The number of carbonyl (C=O) groups is 2. The van der Waals surface area contributed by atoms with Crippen molar-refractivity contribution in [1.82, 2.24) is 5.32 Å². The third kappa shape index (κ3) is 6.73. The van der Waals surface area contributed by atoms with Gasteiger partial charge in [0.15, 0.2) is 5.76 Å². The number of ether oxygens (including phenoxy) is 3. The largest absolute Gasteiger partial charge is 0.497 e. The molecule has 0 aliphatic carbocycles. The zero-order chi connectivity index (χ0) is 36.2. The van der Waals surface area contributed by atoms with Crippen molar-refractivity contribution in [3.05, 3.63) is 150 Å². The number of methoxy groups -OCH3 is 1. The number of hydrogen-bond donors (Lipinski definition) is 2. The maximum Gasteiger partial charge on any atom is 0.272 e. The van der Waals surface area contributed by atoms with E-state index in [4.69, 9.17) is 19.2 Å². The van der Waals surface area contributed by atoms with E-state index in [0.29, 0.717) is 22.8 Å². The fourth-order valence-corrected chi connectivity index (χ4v) is 7.57. The van der Waals surface area contributed by atoms with E-state index in [9.17, 15) is 18.4 Å². The number of anilines is 2. The molecule has 2 heterocycles. The number of likely N-dealkylation sites (N-methyl/N-ethyl adjacent to an activating group) is 1. The van der Waals surface area contributed by atoms with Gasteiger partial charge in [0.2, 0.25) is 18.9 Å². The summed E-state index contributed by atoms with van der Waals surface area (Å²) in [4.78, 5) is 34.8. The van der Waals surface area contributed by atoms with E-state index in [0.717, 1.165) is 27.5 Å². The summed E-state index contributed by atoms with van der Waals surface area (Å²) in [7, 11) is 3.23. The molecule has 7 rings (SSSR count). The molecular weight excluding hydrogens is 681 g/mol. The van der Waals surface area contributed by atoms with Crippen LogP contribution in [0.2, 0.25) is 0 Å². The Hall–Kier alpha value is -5.98. The predicted octanol–water partition coefficient (Wildman–Crippen LogP) is 5.97. The molecule has 0 aromatic heterocycles. The first-order chi connectivity index (χ1) is 25.3. The highest BCUT2D eigenvalue weighted by atomic mass is 32.2. The van der Waals surface area contributed by atoms with Gasteiger partial charge in [-0.2, -0.15) is 0 Å². The number of carbonyl (C=O) groups excluding carboxylic acids is 2. The number of rotatable bonds is 11. The summed E-state index contributed by atoms with van der Waals surface area (Å²) >= 11 is -2.69. The molecule has 2 amide bonds. The monoisotopic (exact) mass is 716 g/mol. The van der Waals surface area contributed by atoms with Gasteiger partial charge in [0.05, 0.1) is 30.6 Å². The standard InChI is InChI=1S/C40H36N4O7S/c1-43-34-16-10-9-15-33(34)37(28-13-7-4-8-14-28)42-38(39(43)46)41-36(45)24-40(35-25-50-26-51-35,23-27-11-5-3-6-12-27)44(52(47)48)31-19-17-30-22-32(49-2)20-18-29(30)21-31/h3-22,25,38H,23-24,26H2,1-2H3,(H,41,45)(H,47,48). The molecule has 12 heteroatoms.